The van der Waals surface area contributed by atoms with Crippen LogP contribution in [0.15, 0.2) is 24.3 Å². The van der Waals surface area contributed by atoms with Crippen LogP contribution in [0.5, 0.6) is 0 Å². The van der Waals surface area contributed by atoms with Crippen molar-refractivity contribution >= 4 is 5.91 Å². The number of alkyl halides is 3. The number of carbonyl (C=O) groups excluding carboxylic acids is 1. The standard InChI is InChI=1S/C14H19F3N2O/c1-9(8-18)13(20)19-10(2)7-11-3-5-12(6-4-11)14(15,16)17/h3-6,9-10H,7-8,18H2,1-2H3,(H,19,20). The van der Waals surface area contributed by atoms with Crippen LogP contribution in [0.4, 0.5) is 13.2 Å². The molecule has 0 spiro atoms. The molecule has 2 atom stereocenters. The number of carbonyl (C=O) groups is 1. The van der Waals surface area contributed by atoms with Crippen molar-refractivity contribution in [1.82, 2.24) is 5.32 Å². The SMILES string of the molecule is CC(Cc1ccc(C(F)(F)F)cc1)NC(=O)C(C)CN. The highest BCUT2D eigenvalue weighted by Crippen LogP contribution is 2.29. The van der Waals surface area contributed by atoms with Gasteiger partial charge in [0.25, 0.3) is 0 Å². The maximum Gasteiger partial charge on any atom is 0.416 e. The van der Waals surface area contributed by atoms with Crippen molar-refractivity contribution in [2.24, 2.45) is 11.7 Å². The molecule has 1 aromatic rings. The van der Waals surface area contributed by atoms with E-state index in [4.69, 9.17) is 5.73 Å². The lowest BCUT2D eigenvalue weighted by atomic mass is 10.0. The third-order valence-electron chi connectivity index (χ3n) is 3.01. The van der Waals surface area contributed by atoms with Gasteiger partial charge in [0.1, 0.15) is 0 Å². The van der Waals surface area contributed by atoms with E-state index in [1.165, 1.54) is 12.1 Å². The van der Waals surface area contributed by atoms with Crippen LogP contribution in [0.2, 0.25) is 0 Å². The van der Waals surface area contributed by atoms with E-state index >= 15 is 0 Å². The molecule has 0 saturated carbocycles. The smallest absolute Gasteiger partial charge is 0.353 e. The Morgan fingerprint density at radius 3 is 2.25 bits per heavy atom. The number of rotatable bonds is 5. The largest absolute Gasteiger partial charge is 0.416 e. The van der Waals surface area contributed by atoms with Gasteiger partial charge in [0.15, 0.2) is 0 Å². The summed E-state index contributed by atoms with van der Waals surface area (Å²) in [5.74, 6) is -0.419. The maximum atomic E-state index is 12.4. The van der Waals surface area contributed by atoms with Crippen LogP contribution in [0.25, 0.3) is 0 Å². The second-order valence-electron chi connectivity index (χ2n) is 4.95. The van der Waals surface area contributed by atoms with Crippen LogP contribution in [0.1, 0.15) is 25.0 Å². The zero-order chi connectivity index (χ0) is 15.3. The Bertz CT molecular complexity index is 443. The second-order valence-corrected chi connectivity index (χ2v) is 4.95. The van der Waals surface area contributed by atoms with E-state index in [-0.39, 0.29) is 24.4 Å². The summed E-state index contributed by atoms with van der Waals surface area (Å²) in [6, 6.07) is 4.79. The van der Waals surface area contributed by atoms with Crippen LogP contribution >= 0.6 is 0 Å². The van der Waals surface area contributed by atoms with Crippen molar-refractivity contribution in [3.05, 3.63) is 35.4 Å². The fourth-order valence-electron chi connectivity index (χ4n) is 1.73. The highest BCUT2D eigenvalue weighted by Gasteiger charge is 2.29. The average molecular weight is 288 g/mol. The molecule has 0 heterocycles. The molecule has 0 bridgehead atoms. The fraction of sp³-hybridized carbons (Fsp3) is 0.500. The third kappa shape index (κ3) is 4.85. The molecule has 0 aliphatic rings. The van der Waals surface area contributed by atoms with Gasteiger partial charge < -0.3 is 11.1 Å². The molecule has 1 rings (SSSR count). The lowest BCUT2D eigenvalue weighted by Crippen LogP contribution is -2.39. The number of nitrogens with two attached hydrogens (primary N) is 1. The lowest BCUT2D eigenvalue weighted by Gasteiger charge is -2.17. The van der Waals surface area contributed by atoms with Gasteiger partial charge >= 0.3 is 6.18 Å². The molecule has 0 aliphatic carbocycles. The molecule has 0 aliphatic heterocycles. The van der Waals surface area contributed by atoms with Gasteiger partial charge in [-0.3, -0.25) is 4.79 Å². The van der Waals surface area contributed by atoms with Crippen LogP contribution in [0, 0.1) is 5.92 Å². The topological polar surface area (TPSA) is 55.1 Å². The van der Waals surface area contributed by atoms with Crippen molar-refractivity contribution in [3.63, 3.8) is 0 Å². The molecule has 0 radical (unpaired) electrons. The minimum atomic E-state index is -4.32. The van der Waals surface area contributed by atoms with E-state index in [2.05, 4.69) is 5.32 Å². The normalized spacial score (nSPS) is 14.7. The van der Waals surface area contributed by atoms with E-state index in [0.717, 1.165) is 17.7 Å². The molecular weight excluding hydrogens is 269 g/mol. The van der Waals surface area contributed by atoms with E-state index in [0.29, 0.717) is 6.42 Å². The van der Waals surface area contributed by atoms with Crippen LogP contribution < -0.4 is 11.1 Å². The number of halogens is 3. The van der Waals surface area contributed by atoms with Gasteiger partial charge in [-0.05, 0) is 31.0 Å². The van der Waals surface area contributed by atoms with E-state index < -0.39 is 11.7 Å². The molecule has 1 aromatic carbocycles. The predicted molar refractivity (Wildman–Crippen MR) is 71.0 cm³/mol. The molecule has 112 valence electrons. The summed E-state index contributed by atoms with van der Waals surface area (Å²) in [6.45, 7) is 3.79. The van der Waals surface area contributed by atoms with Crippen LogP contribution in [-0.2, 0) is 17.4 Å². The number of hydrogen-bond acceptors (Lipinski definition) is 2. The van der Waals surface area contributed by atoms with Gasteiger partial charge in [-0.25, -0.2) is 0 Å². The second kappa shape index (κ2) is 6.74. The molecule has 3 nitrogen and oxygen atoms in total. The monoisotopic (exact) mass is 288 g/mol. The van der Waals surface area contributed by atoms with Gasteiger partial charge in [0.05, 0.1) is 5.56 Å². The Hall–Kier alpha value is -1.56. The Balaban J connectivity index is 2.58. The summed E-state index contributed by atoms with van der Waals surface area (Å²) < 4.78 is 37.2. The first-order chi connectivity index (χ1) is 9.24. The van der Waals surface area contributed by atoms with Gasteiger partial charge in [-0.2, -0.15) is 13.2 Å². The van der Waals surface area contributed by atoms with Gasteiger partial charge in [0.2, 0.25) is 5.91 Å². The zero-order valence-corrected chi connectivity index (χ0v) is 11.5. The van der Waals surface area contributed by atoms with Gasteiger partial charge in [-0.1, -0.05) is 19.1 Å². The summed E-state index contributed by atoms with van der Waals surface area (Å²) in [7, 11) is 0. The Morgan fingerprint density at radius 1 is 1.25 bits per heavy atom. The number of nitrogens with one attached hydrogen (secondary N) is 1. The van der Waals surface area contributed by atoms with Crippen molar-refractivity contribution in [1.29, 1.82) is 0 Å². The third-order valence-corrected chi connectivity index (χ3v) is 3.01. The highest BCUT2D eigenvalue weighted by molar-refractivity contribution is 5.78. The van der Waals surface area contributed by atoms with Crippen molar-refractivity contribution < 1.29 is 18.0 Å². The predicted octanol–water partition coefficient (Wildman–Crippen LogP) is 2.35. The average Bonchev–Trinajstić information content (AvgIpc) is 2.37. The summed E-state index contributed by atoms with van der Waals surface area (Å²) in [5.41, 5.74) is 5.46. The first kappa shape index (κ1) is 16.5. The summed E-state index contributed by atoms with van der Waals surface area (Å²) in [4.78, 5) is 11.6. The Kier molecular flexibility index (Phi) is 5.56. The van der Waals surface area contributed by atoms with Gasteiger partial charge in [-0.15, -0.1) is 0 Å². The summed E-state index contributed by atoms with van der Waals surface area (Å²) >= 11 is 0. The summed E-state index contributed by atoms with van der Waals surface area (Å²) in [5, 5.41) is 2.78. The minimum absolute atomic E-state index is 0.146. The highest BCUT2D eigenvalue weighted by atomic mass is 19.4. The van der Waals surface area contributed by atoms with Crippen molar-refractivity contribution in [2.45, 2.75) is 32.5 Å². The Labute approximate surface area is 116 Å². The lowest BCUT2D eigenvalue weighted by molar-refractivity contribution is -0.137. The van der Waals surface area contributed by atoms with E-state index in [1.54, 1.807) is 13.8 Å². The molecule has 0 fully saturated rings. The molecule has 0 saturated heterocycles. The number of amides is 1. The quantitative estimate of drug-likeness (QED) is 0.874. The molecule has 3 N–H and O–H groups in total. The van der Waals surface area contributed by atoms with E-state index in [9.17, 15) is 18.0 Å². The summed E-state index contributed by atoms with van der Waals surface area (Å²) in [6.07, 6.45) is -3.85. The molecule has 2 unspecified atom stereocenters. The molecule has 1 amide bonds. The van der Waals surface area contributed by atoms with Gasteiger partial charge in [0, 0.05) is 18.5 Å². The first-order valence-electron chi connectivity index (χ1n) is 6.40. The van der Waals surface area contributed by atoms with Crippen molar-refractivity contribution in [2.75, 3.05) is 6.54 Å². The fourth-order valence-corrected chi connectivity index (χ4v) is 1.73. The minimum Gasteiger partial charge on any atom is -0.353 e. The van der Waals surface area contributed by atoms with Crippen LogP contribution in [-0.4, -0.2) is 18.5 Å². The van der Waals surface area contributed by atoms with E-state index in [1.807, 2.05) is 0 Å². The molecule has 20 heavy (non-hydrogen) atoms. The number of benzene rings is 1. The van der Waals surface area contributed by atoms with Crippen molar-refractivity contribution in [3.8, 4) is 0 Å². The maximum absolute atomic E-state index is 12.4. The molecular formula is C14H19F3N2O. The number of hydrogen-bond donors (Lipinski definition) is 2. The van der Waals surface area contributed by atoms with Crippen LogP contribution in [0.3, 0.4) is 0 Å². The zero-order valence-electron chi connectivity index (χ0n) is 11.5. The Morgan fingerprint density at radius 2 is 1.80 bits per heavy atom. The molecule has 0 aromatic heterocycles. The molecule has 6 heteroatoms. The first-order valence-corrected chi connectivity index (χ1v) is 6.40.